The lowest BCUT2D eigenvalue weighted by molar-refractivity contribution is -0.112. The summed E-state index contributed by atoms with van der Waals surface area (Å²) in [5, 5.41) is 5.87. The summed E-state index contributed by atoms with van der Waals surface area (Å²) in [6.45, 7) is 0. The predicted molar refractivity (Wildman–Crippen MR) is 75.6 cm³/mol. The summed E-state index contributed by atoms with van der Waals surface area (Å²) in [5.41, 5.74) is 0.944. The minimum absolute atomic E-state index is 0.366. The van der Waals surface area contributed by atoms with Crippen LogP contribution in [0.3, 0.4) is 0 Å². The number of benzene rings is 1. The molecule has 3 aromatic rings. The van der Waals surface area contributed by atoms with E-state index in [4.69, 9.17) is 0 Å². The fourth-order valence-corrected chi connectivity index (χ4v) is 2.65. The summed E-state index contributed by atoms with van der Waals surface area (Å²) in [4.78, 5) is 24.1. The molecule has 1 aliphatic rings. The summed E-state index contributed by atoms with van der Waals surface area (Å²) in [5.74, 6) is -1.04. The van der Waals surface area contributed by atoms with Crippen LogP contribution in [0.25, 0.3) is 10.1 Å². The van der Waals surface area contributed by atoms with Crippen molar-refractivity contribution in [3.8, 4) is 0 Å². The van der Waals surface area contributed by atoms with E-state index in [9.17, 15) is 9.59 Å². The number of rotatable bonds is 0. The fourth-order valence-electron chi connectivity index (χ4n) is 1.86. The van der Waals surface area contributed by atoms with E-state index >= 15 is 0 Å². The molecule has 0 atom stereocenters. The maximum atomic E-state index is 10.8. The third kappa shape index (κ3) is 2.15. The Labute approximate surface area is 113 Å². The normalized spacial score (nSPS) is 12.8. The van der Waals surface area contributed by atoms with E-state index in [-0.39, 0.29) is 0 Å². The van der Waals surface area contributed by atoms with Gasteiger partial charge in [0.2, 0.25) is 0 Å². The van der Waals surface area contributed by atoms with Gasteiger partial charge in [0, 0.05) is 10.9 Å². The van der Waals surface area contributed by atoms with Crippen molar-refractivity contribution in [2.24, 2.45) is 0 Å². The van der Waals surface area contributed by atoms with E-state index in [0.717, 1.165) is 0 Å². The van der Waals surface area contributed by atoms with Gasteiger partial charge in [0.15, 0.2) is 0 Å². The quantitative estimate of drug-likeness (QED) is 0.617. The Bertz CT molecular complexity index is 727. The van der Waals surface area contributed by atoms with E-state index in [1.807, 2.05) is 0 Å². The zero-order chi connectivity index (χ0) is 13.2. The van der Waals surface area contributed by atoms with Crippen LogP contribution in [0.15, 0.2) is 48.0 Å². The molecule has 0 unspecified atom stereocenters. The Hall–Kier alpha value is -2.40. The highest BCUT2D eigenvalue weighted by molar-refractivity contribution is 7.17. The fraction of sp³-hybridized carbons (Fsp3) is 0. The van der Waals surface area contributed by atoms with Crippen LogP contribution in [-0.2, 0) is 4.79 Å². The van der Waals surface area contributed by atoms with E-state index < -0.39 is 11.7 Å². The van der Waals surface area contributed by atoms with E-state index in [1.165, 1.54) is 10.1 Å². The first-order valence-electron chi connectivity index (χ1n) is 5.71. The molecule has 0 radical (unpaired) electrons. The van der Waals surface area contributed by atoms with Crippen LogP contribution in [0.1, 0.15) is 10.5 Å². The average molecular weight is 270 g/mol. The van der Waals surface area contributed by atoms with Gasteiger partial charge in [0.25, 0.3) is 11.7 Å². The van der Waals surface area contributed by atoms with Crippen LogP contribution in [0.2, 0.25) is 0 Å². The molecule has 0 spiro atoms. The molecule has 4 nitrogen and oxygen atoms in total. The highest BCUT2D eigenvalue weighted by Gasteiger charge is 2.28. The Kier molecular flexibility index (Phi) is 2.89. The number of hydrogen-bond acceptors (Lipinski definition) is 3. The van der Waals surface area contributed by atoms with Crippen LogP contribution >= 0.6 is 11.3 Å². The molecule has 1 aliphatic heterocycles. The third-order valence-corrected chi connectivity index (χ3v) is 3.69. The second-order valence-electron chi connectivity index (χ2n) is 4.01. The lowest BCUT2D eigenvalue weighted by Gasteiger charge is -1.83. The van der Waals surface area contributed by atoms with E-state index in [1.54, 1.807) is 23.6 Å². The molecular weight excluding hydrogens is 260 g/mol. The number of Topliss-reactive ketones (excluding diaryl/α,β-unsaturated/α-hetero) is 1. The van der Waals surface area contributed by atoms with Crippen LogP contribution in [-0.4, -0.2) is 16.7 Å². The maximum Gasteiger partial charge on any atom is 0.298 e. The Morgan fingerprint density at radius 3 is 2.63 bits per heavy atom. The highest BCUT2D eigenvalue weighted by Crippen LogP contribution is 2.20. The van der Waals surface area contributed by atoms with Crippen molar-refractivity contribution in [1.29, 1.82) is 0 Å². The monoisotopic (exact) mass is 270 g/mol. The zero-order valence-electron chi connectivity index (χ0n) is 9.84. The Morgan fingerprint density at radius 2 is 1.84 bits per heavy atom. The molecule has 0 bridgehead atoms. The molecule has 94 valence electrons. The topological polar surface area (TPSA) is 62.0 Å². The van der Waals surface area contributed by atoms with Crippen molar-refractivity contribution < 1.29 is 9.59 Å². The first-order valence-corrected chi connectivity index (χ1v) is 6.59. The van der Waals surface area contributed by atoms with E-state index in [2.05, 4.69) is 46.0 Å². The molecule has 1 aromatic carbocycles. The second kappa shape index (κ2) is 4.70. The number of hydrogen-bond donors (Lipinski definition) is 2. The minimum Gasteiger partial charge on any atom is -0.357 e. The van der Waals surface area contributed by atoms with Crippen molar-refractivity contribution in [2.45, 2.75) is 0 Å². The molecule has 0 fully saturated rings. The van der Waals surface area contributed by atoms with Crippen LogP contribution < -0.4 is 5.32 Å². The first kappa shape index (κ1) is 11.7. The van der Waals surface area contributed by atoms with Gasteiger partial charge >= 0.3 is 0 Å². The van der Waals surface area contributed by atoms with Gasteiger partial charge in [0.05, 0.1) is 5.69 Å². The number of aromatic nitrogens is 1. The number of carbonyl (C=O) groups is 2. The van der Waals surface area contributed by atoms with Crippen LogP contribution in [0.5, 0.6) is 0 Å². The summed E-state index contributed by atoms with van der Waals surface area (Å²) < 4.78 is 1.37. The Balaban J connectivity index is 0.000000117. The number of H-pyrrole nitrogens is 1. The van der Waals surface area contributed by atoms with Gasteiger partial charge in [-0.1, -0.05) is 18.2 Å². The highest BCUT2D eigenvalue weighted by atomic mass is 32.1. The van der Waals surface area contributed by atoms with Gasteiger partial charge < -0.3 is 10.3 Å². The molecule has 5 heteroatoms. The molecule has 0 saturated heterocycles. The number of fused-ring (bicyclic) bond motifs is 2. The number of thiophene rings is 1. The van der Waals surface area contributed by atoms with Gasteiger partial charge in [-0.05, 0) is 29.0 Å². The lowest BCUT2D eigenvalue weighted by Crippen LogP contribution is -2.13. The molecule has 0 aliphatic carbocycles. The summed E-state index contributed by atoms with van der Waals surface area (Å²) in [6, 6.07) is 12.2. The molecule has 2 N–H and O–H groups in total. The SMILES string of the molecule is O=C1Nc2cc[nH]c2C1=O.c1ccc2sccc2c1. The largest absolute Gasteiger partial charge is 0.357 e. The number of ketones is 1. The van der Waals surface area contributed by atoms with Crippen molar-refractivity contribution in [3.63, 3.8) is 0 Å². The molecule has 0 saturated carbocycles. The van der Waals surface area contributed by atoms with Gasteiger partial charge in [0.1, 0.15) is 5.69 Å². The van der Waals surface area contributed by atoms with Crippen LogP contribution in [0, 0.1) is 0 Å². The average Bonchev–Trinajstić information content (AvgIpc) is 3.10. The number of anilines is 1. The third-order valence-electron chi connectivity index (χ3n) is 2.79. The molecule has 4 rings (SSSR count). The van der Waals surface area contributed by atoms with Crippen molar-refractivity contribution in [3.05, 3.63) is 53.7 Å². The van der Waals surface area contributed by atoms with Crippen LogP contribution in [0.4, 0.5) is 5.69 Å². The smallest absolute Gasteiger partial charge is 0.298 e. The standard InChI is InChI=1S/C8H6S.C6H4N2O2/c1-2-4-8-7(3-1)5-6-9-8;9-5-4-3(1-2-7-4)8-6(5)10/h1-6H;1-2,7H,(H,8,9,10). The summed E-state index contributed by atoms with van der Waals surface area (Å²) >= 11 is 1.79. The van der Waals surface area contributed by atoms with Crippen molar-refractivity contribution in [2.75, 3.05) is 5.32 Å². The number of aromatic amines is 1. The second-order valence-corrected chi connectivity index (χ2v) is 4.96. The van der Waals surface area contributed by atoms with Gasteiger partial charge in [-0.3, -0.25) is 9.59 Å². The predicted octanol–water partition coefficient (Wildman–Crippen LogP) is 3.05. The first-order chi connectivity index (χ1) is 9.25. The summed E-state index contributed by atoms with van der Waals surface area (Å²) in [7, 11) is 0. The molecule has 1 amide bonds. The number of carbonyl (C=O) groups excluding carboxylic acids is 2. The van der Waals surface area contributed by atoms with Crippen molar-refractivity contribution in [1.82, 2.24) is 4.98 Å². The van der Waals surface area contributed by atoms with Gasteiger partial charge in [-0.2, -0.15) is 0 Å². The zero-order valence-corrected chi connectivity index (χ0v) is 10.7. The van der Waals surface area contributed by atoms with Crippen molar-refractivity contribution >= 4 is 38.8 Å². The summed E-state index contributed by atoms with van der Waals surface area (Å²) in [6.07, 6.45) is 1.61. The molecule has 19 heavy (non-hydrogen) atoms. The van der Waals surface area contributed by atoms with E-state index in [0.29, 0.717) is 11.4 Å². The maximum absolute atomic E-state index is 10.8. The minimum atomic E-state index is -0.554. The molecular formula is C14H10N2O2S. The molecule has 3 heterocycles. The lowest BCUT2D eigenvalue weighted by atomic mass is 10.3. The number of amides is 1. The van der Waals surface area contributed by atoms with Gasteiger partial charge in [-0.15, -0.1) is 11.3 Å². The molecule has 2 aromatic heterocycles. The number of nitrogens with one attached hydrogen (secondary N) is 2. The van der Waals surface area contributed by atoms with Gasteiger partial charge in [-0.25, -0.2) is 0 Å². The Morgan fingerprint density at radius 1 is 1.00 bits per heavy atom.